The number of hydrogen-bond donors (Lipinski definition) is 3. The summed E-state index contributed by atoms with van der Waals surface area (Å²) in [7, 11) is 0. The van der Waals surface area contributed by atoms with E-state index in [1.807, 2.05) is 13.8 Å². The number of carbonyl (C=O) groups excluding carboxylic acids is 1. The number of aliphatic carboxylic acids is 1. The van der Waals surface area contributed by atoms with Crippen molar-refractivity contribution >= 4 is 23.5 Å². The number of aryl methyl sites for hydroxylation is 2. The van der Waals surface area contributed by atoms with E-state index >= 15 is 0 Å². The fourth-order valence-corrected chi connectivity index (χ4v) is 1.68. The third-order valence-electron chi connectivity index (χ3n) is 2.88. The predicted molar refractivity (Wildman–Crippen MR) is 71.5 cm³/mol. The Morgan fingerprint density at radius 3 is 2.37 bits per heavy atom. The molecule has 0 radical (unpaired) electrons. The molecular weight excluding hydrogens is 270 g/mol. The second kappa shape index (κ2) is 5.59. The van der Waals surface area contributed by atoms with Gasteiger partial charge in [0.15, 0.2) is 5.60 Å². The molecular formula is C13H16ClNO4. The van der Waals surface area contributed by atoms with Gasteiger partial charge >= 0.3 is 5.97 Å². The van der Waals surface area contributed by atoms with Crippen LogP contribution in [0.3, 0.4) is 0 Å². The molecule has 0 aliphatic carbocycles. The van der Waals surface area contributed by atoms with Gasteiger partial charge in [0.05, 0.1) is 17.1 Å². The second-order valence-corrected chi connectivity index (χ2v) is 5.09. The van der Waals surface area contributed by atoms with Gasteiger partial charge in [0.25, 0.3) is 5.91 Å². The van der Waals surface area contributed by atoms with E-state index in [-0.39, 0.29) is 10.6 Å². The highest BCUT2D eigenvalue weighted by Gasteiger charge is 2.30. The summed E-state index contributed by atoms with van der Waals surface area (Å²) in [5.41, 5.74) is 0.103. The molecule has 3 N–H and O–H groups in total. The van der Waals surface area contributed by atoms with Crippen molar-refractivity contribution in [3.05, 3.63) is 33.8 Å². The van der Waals surface area contributed by atoms with Crippen LogP contribution in [0.4, 0.5) is 0 Å². The third-order valence-corrected chi connectivity index (χ3v) is 3.19. The van der Waals surface area contributed by atoms with Gasteiger partial charge in [-0.15, -0.1) is 0 Å². The molecule has 0 fully saturated rings. The molecule has 19 heavy (non-hydrogen) atoms. The van der Waals surface area contributed by atoms with Gasteiger partial charge in [-0.25, -0.2) is 4.79 Å². The first-order valence-electron chi connectivity index (χ1n) is 5.66. The van der Waals surface area contributed by atoms with E-state index in [0.717, 1.165) is 18.1 Å². The number of hydrogen-bond acceptors (Lipinski definition) is 3. The number of carboxylic acids is 1. The Morgan fingerprint density at radius 1 is 1.32 bits per heavy atom. The number of amides is 1. The predicted octanol–water partition coefficient (Wildman–Crippen LogP) is 1.52. The summed E-state index contributed by atoms with van der Waals surface area (Å²) in [6.45, 7) is 4.43. The lowest BCUT2D eigenvalue weighted by Gasteiger charge is -2.18. The Balaban J connectivity index is 2.86. The van der Waals surface area contributed by atoms with Crippen molar-refractivity contribution < 1.29 is 19.8 Å². The van der Waals surface area contributed by atoms with E-state index < -0.39 is 24.0 Å². The fourth-order valence-electron chi connectivity index (χ4n) is 1.38. The zero-order chi connectivity index (χ0) is 14.8. The first-order valence-corrected chi connectivity index (χ1v) is 6.03. The monoisotopic (exact) mass is 285 g/mol. The van der Waals surface area contributed by atoms with Crippen LogP contribution in [0.25, 0.3) is 0 Å². The van der Waals surface area contributed by atoms with Crippen LogP contribution in [0.15, 0.2) is 12.1 Å². The molecule has 0 aliphatic rings. The van der Waals surface area contributed by atoms with E-state index in [0.29, 0.717) is 0 Å². The normalized spacial score (nSPS) is 13.7. The van der Waals surface area contributed by atoms with Crippen molar-refractivity contribution in [2.45, 2.75) is 26.4 Å². The molecule has 0 heterocycles. The van der Waals surface area contributed by atoms with Crippen molar-refractivity contribution in [2.24, 2.45) is 0 Å². The summed E-state index contributed by atoms with van der Waals surface area (Å²) in [4.78, 5) is 22.6. The lowest BCUT2D eigenvalue weighted by molar-refractivity contribution is -0.155. The summed E-state index contributed by atoms with van der Waals surface area (Å²) < 4.78 is 0. The lowest BCUT2D eigenvalue weighted by Crippen LogP contribution is -2.46. The Kier molecular flexibility index (Phi) is 4.55. The summed E-state index contributed by atoms with van der Waals surface area (Å²) in [6, 6.07) is 3.30. The van der Waals surface area contributed by atoms with E-state index in [1.54, 1.807) is 12.1 Å². The standard InChI is InChI=1S/C13H16ClNO4/c1-7-4-9(10(14)5-8(7)2)11(16)15-6-13(3,19)12(17)18/h4-5,19H,6H2,1-3H3,(H,15,16)(H,17,18). The van der Waals surface area contributed by atoms with Crippen molar-refractivity contribution in [1.29, 1.82) is 0 Å². The Morgan fingerprint density at radius 2 is 1.84 bits per heavy atom. The van der Waals surface area contributed by atoms with E-state index in [4.69, 9.17) is 16.7 Å². The van der Waals surface area contributed by atoms with E-state index in [2.05, 4.69) is 5.32 Å². The summed E-state index contributed by atoms with van der Waals surface area (Å²) >= 11 is 5.97. The minimum atomic E-state index is -2.01. The topological polar surface area (TPSA) is 86.6 Å². The van der Waals surface area contributed by atoms with Crippen molar-refractivity contribution in [3.8, 4) is 0 Å². The highest BCUT2D eigenvalue weighted by molar-refractivity contribution is 6.34. The quantitative estimate of drug-likeness (QED) is 0.783. The first kappa shape index (κ1) is 15.5. The second-order valence-electron chi connectivity index (χ2n) is 4.68. The Hall–Kier alpha value is -1.59. The average molecular weight is 286 g/mol. The highest BCUT2D eigenvalue weighted by atomic mass is 35.5. The van der Waals surface area contributed by atoms with Crippen LogP contribution in [0, 0.1) is 13.8 Å². The molecule has 1 amide bonds. The zero-order valence-corrected chi connectivity index (χ0v) is 11.7. The zero-order valence-electron chi connectivity index (χ0n) is 11.0. The fraction of sp³-hybridized carbons (Fsp3) is 0.385. The Labute approximate surface area is 116 Å². The molecule has 0 saturated carbocycles. The van der Waals surface area contributed by atoms with Gasteiger partial charge < -0.3 is 15.5 Å². The highest BCUT2D eigenvalue weighted by Crippen LogP contribution is 2.20. The van der Waals surface area contributed by atoms with Gasteiger partial charge in [-0.3, -0.25) is 4.79 Å². The molecule has 1 aromatic rings. The molecule has 104 valence electrons. The van der Waals surface area contributed by atoms with Crippen LogP contribution >= 0.6 is 11.6 Å². The van der Waals surface area contributed by atoms with Crippen LogP contribution in [0.1, 0.15) is 28.4 Å². The Bertz CT molecular complexity index is 526. The average Bonchev–Trinajstić information content (AvgIpc) is 2.30. The summed E-state index contributed by atoms with van der Waals surface area (Å²) in [5.74, 6) is -1.92. The van der Waals surface area contributed by atoms with Crippen molar-refractivity contribution in [1.82, 2.24) is 5.32 Å². The van der Waals surface area contributed by atoms with Gasteiger partial charge in [0, 0.05) is 0 Å². The van der Waals surface area contributed by atoms with Crippen LogP contribution in [-0.2, 0) is 4.79 Å². The minimum absolute atomic E-state index is 0.256. The molecule has 0 bridgehead atoms. The number of rotatable bonds is 4. The largest absolute Gasteiger partial charge is 0.479 e. The molecule has 5 nitrogen and oxygen atoms in total. The van der Waals surface area contributed by atoms with Gasteiger partial charge in [-0.1, -0.05) is 11.6 Å². The molecule has 0 aromatic heterocycles. The van der Waals surface area contributed by atoms with Gasteiger partial charge in [0.2, 0.25) is 0 Å². The van der Waals surface area contributed by atoms with Crippen LogP contribution in [-0.4, -0.2) is 34.2 Å². The molecule has 1 atom stereocenters. The molecule has 0 saturated heterocycles. The number of aliphatic hydroxyl groups is 1. The number of benzene rings is 1. The first-order chi connectivity index (χ1) is 8.65. The van der Waals surface area contributed by atoms with E-state index in [1.165, 1.54) is 0 Å². The van der Waals surface area contributed by atoms with Crippen LogP contribution in [0.5, 0.6) is 0 Å². The lowest BCUT2D eigenvalue weighted by atomic mass is 10.0. The molecule has 6 heteroatoms. The minimum Gasteiger partial charge on any atom is -0.479 e. The van der Waals surface area contributed by atoms with Gasteiger partial charge in [-0.2, -0.15) is 0 Å². The molecule has 1 aromatic carbocycles. The maximum Gasteiger partial charge on any atom is 0.337 e. The number of carbonyl (C=O) groups is 2. The maximum atomic E-state index is 11.9. The molecule has 1 rings (SSSR count). The summed E-state index contributed by atoms with van der Waals surface area (Å²) in [6.07, 6.45) is 0. The van der Waals surface area contributed by atoms with Crippen molar-refractivity contribution in [2.75, 3.05) is 6.54 Å². The molecule has 1 unspecified atom stereocenters. The third kappa shape index (κ3) is 3.68. The maximum absolute atomic E-state index is 11.9. The number of halogens is 1. The van der Waals surface area contributed by atoms with E-state index in [9.17, 15) is 14.7 Å². The smallest absolute Gasteiger partial charge is 0.337 e. The number of nitrogens with one attached hydrogen (secondary N) is 1. The molecule has 0 aliphatic heterocycles. The van der Waals surface area contributed by atoms with Crippen LogP contribution in [0.2, 0.25) is 5.02 Å². The van der Waals surface area contributed by atoms with Gasteiger partial charge in [-0.05, 0) is 44.0 Å². The van der Waals surface area contributed by atoms with Gasteiger partial charge in [0.1, 0.15) is 0 Å². The number of carboxylic acid groups (broad SMARTS) is 1. The molecule has 0 spiro atoms. The van der Waals surface area contributed by atoms with Crippen molar-refractivity contribution in [3.63, 3.8) is 0 Å². The summed E-state index contributed by atoms with van der Waals surface area (Å²) in [5, 5.41) is 20.9. The SMILES string of the molecule is Cc1cc(Cl)c(C(=O)NCC(C)(O)C(=O)O)cc1C. The van der Waals surface area contributed by atoms with Crippen LogP contribution < -0.4 is 5.32 Å².